The Balaban J connectivity index is 2.19. The zero-order chi connectivity index (χ0) is 14.8. The molecular weight excluding hydrogens is 293 g/mol. The van der Waals surface area contributed by atoms with Gasteiger partial charge in [0.25, 0.3) is 0 Å². The Morgan fingerprint density at radius 1 is 1.25 bits per heavy atom. The summed E-state index contributed by atoms with van der Waals surface area (Å²) in [5.74, 6) is -2.13. The minimum absolute atomic E-state index is 0.0268. The van der Waals surface area contributed by atoms with E-state index in [9.17, 15) is 18.0 Å². The fourth-order valence-corrected chi connectivity index (χ4v) is 2.05. The number of hydrogen-bond donors (Lipinski definition) is 0. The van der Waals surface area contributed by atoms with Gasteiger partial charge in [-0.15, -0.1) is 0 Å². The molecule has 2 nitrogen and oxygen atoms in total. The number of alkyl halides is 3. The van der Waals surface area contributed by atoms with Crippen LogP contribution in [0.2, 0.25) is 0 Å². The lowest BCUT2D eigenvalue weighted by molar-refractivity contribution is -0.143. The second kappa shape index (κ2) is 5.71. The monoisotopic (exact) mass is 302 g/mol. The minimum Gasteiger partial charge on any atom is -0.426 e. The first kappa shape index (κ1) is 14.7. The summed E-state index contributed by atoms with van der Waals surface area (Å²) in [6.45, 7) is 0. The molecule has 106 valence electrons. The number of esters is 1. The van der Waals surface area contributed by atoms with Gasteiger partial charge < -0.3 is 4.74 Å². The average molecular weight is 303 g/mol. The fourth-order valence-electron chi connectivity index (χ4n) is 1.84. The molecule has 1 unspecified atom stereocenters. The fraction of sp³-hybridized carbons (Fsp3) is 0.214. The summed E-state index contributed by atoms with van der Waals surface area (Å²) in [6, 6.07) is 7.96. The van der Waals surface area contributed by atoms with Crippen LogP contribution in [0, 0.1) is 5.92 Å². The average Bonchev–Trinajstić information content (AvgIpc) is 2.38. The van der Waals surface area contributed by atoms with Gasteiger partial charge >= 0.3 is 12.1 Å². The number of benzene rings is 1. The molecular formula is C14H10ClF3O2. The van der Waals surface area contributed by atoms with Gasteiger partial charge in [0.05, 0.1) is 5.92 Å². The quantitative estimate of drug-likeness (QED) is 0.604. The maximum Gasteiger partial charge on any atom is 0.413 e. The first-order valence-electron chi connectivity index (χ1n) is 5.79. The van der Waals surface area contributed by atoms with Crippen molar-refractivity contribution in [3.63, 3.8) is 0 Å². The molecule has 1 aromatic rings. The lowest BCUT2D eigenvalue weighted by Crippen LogP contribution is -2.30. The SMILES string of the molecule is O=C(Oc1ccccc1)C1CC=C(Cl)C=C1C(F)(F)F. The molecule has 1 atom stereocenters. The van der Waals surface area contributed by atoms with E-state index in [1.54, 1.807) is 18.2 Å². The number of para-hydroxylation sites is 1. The Kier molecular flexibility index (Phi) is 4.18. The van der Waals surface area contributed by atoms with Gasteiger partial charge in [-0.05, 0) is 24.6 Å². The maximum absolute atomic E-state index is 12.9. The number of halogens is 4. The van der Waals surface area contributed by atoms with E-state index in [0.29, 0.717) is 0 Å². The van der Waals surface area contributed by atoms with Crippen molar-refractivity contribution in [1.29, 1.82) is 0 Å². The van der Waals surface area contributed by atoms with Crippen molar-refractivity contribution in [2.45, 2.75) is 12.6 Å². The number of hydrogen-bond acceptors (Lipinski definition) is 2. The summed E-state index contributed by atoms with van der Waals surface area (Å²) in [6.07, 6.45) is -2.61. The van der Waals surface area contributed by atoms with E-state index < -0.39 is 23.6 Å². The van der Waals surface area contributed by atoms with Crippen LogP contribution in [0.4, 0.5) is 13.2 Å². The zero-order valence-electron chi connectivity index (χ0n) is 10.2. The van der Waals surface area contributed by atoms with Gasteiger partial charge in [0, 0.05) is 10.6 Å². The van der Waals surface area contributed by atoms with Crippen molar-refractivity contribution in [2.75, 3.05) is 0 Å². The first-order valence-corrected chi connectivity index (χ1v) is 6.17. The Morgan fingerprint density at radius 2 is 1.90 bits per heavy atom. The normalized spacial score (nSPS) is 19.1. The highest BCUT2D eigenvalue weighted by molar-refractivity contribution is 6.31. The molecule has 0 bridgehead atoms. The second-order valence-corrected chi connectivity index (χ2v) is 4.65. The van der Waals surface area contributed by atoms with Crippen LogP contribution < -0.4 is 4.74 Å². The molecule has 0 saturated carbocycles. The van der Waals surface area contributed by atoms with Crippen molar-refractivity contribution >= 4 is 17.6 Å². The lowest BCUT2D eigenvalue weighted by atomic mass is 9.91. The van der Waals surface area contributed by atoms with Gasteiger partial charge in [0.2, 0.25) is 0 Å². The molecule has 20 heavy (non-hydrogen) atoms. The number of rotatable bonds is 2. The predicted octanol–water partition coefficient (Wildman–Crippen LogP) is 4.22. The van der Waals surface area contributed by atoms with Gasteiger partial charge in [-0.3, -0.25) is 4.79 Å². The molecule has 0 spiro atoms. The van der Waals surface area contributed by atoms with Gasteiger partial charge in [-0.1, -0.05) is 35.9 Å². The predicted molar refractivity (Wildman–Crippen MR) is 68.3 cm³/mol. The third-order valence-electron chi connectivity index (χ3n) is 2.79. The van der Waals surface area contributed by atoms with E-state index in [0.717, 1.165) is 6.08 Å². The second-order valence-electron chi connectivity index (χ2n) is 4.21. The van der Waals surface area contributed by atoms with Crippen molar-refractivity contribution < 1.29 is 22.7 Å². The lowest BCUT2D eigenvalue weighted by Gasteiger charge is -2.22. The van der Waals surface area contributed by atoms with Crippen molar-refractivity contribution in [1.82, 2.24) is 0 Å². The van der Waals surface area contributed by atoms with Crippen LogP contribution in [0.25, 0.3) is 0 Å². The molecule has 0 aliphatic heterocycles. The molecule has 1 aromatic carbocycles. The summed E-state index contributed by atoms with van der Waals surface area (Å²) in [4.78, 5) is 11.9. The first-order chi connectivity index (χ1) is 9.38. The van der Waals surface area contributed by atoms with Crippen LogP contribution >= 0.6 is 11.6 Å². The van der Waals surface area contributed by atoms with E-state index in [1.807, 2.05) is 0 Å². The molecule has 0 amide bonds. The van der Waals surface area contributed by atoms with E-state index in [1.165, 1.54) is 18.2 Å². The van der Waals surface area contributed by atoms with Crippen molar-refractivity contribution in [2.24, 2.45) is 5.92 Å². The number of ether oxygens (including phenoxy) is 1. The van der Waals surface area contributed by atoms with Crippen LogP contribution in [0.3, 0.4) is 0 Å². The molecule has 2 rings (SSSR count). The van der Waals surface area contributed by atoms with Gasteiger partial charge in [-0.2, -0.15) is 13.2 Å². The molecule has 0 N–H and O–H groups in total. The van der Waals surface area contributed by atoms with E-state index in [-0.39, 0.29) is 17.2 Å². The van der Waals surface area contributed by atoms with Crippen molar-refractivity contribution in [3.05, 3.63) is 53.1 Å². The topological polar surface area (TPSA) is 26.3 Å². The Morgan fingerprint density at radius 3 is 2.50 bits per heavy atom. The molecule has 1 aliphatic rings. The Bertz CT molecular complexity index is 562. The van der Waals surface area contributed by atoms with Crippen LogP contribution in [-0.2, 0) is 4.79 Å². The largest absolute Gasteiger partial charge is 0.426 e. The molecule has 0 saturated heterocycles. The highest BCUT2D eigenvalue weighted by atomic mass is 35.5. The third-order valence-corrected chi connectivity index (χ3v) is 3.05. The highest BCUT2D eigenvalue weighted by Crippen LogP contribution is 2.38. The van der Waals surface area contributed by atoms with E-state index >= 15 is 0 Å². The number of carbonyl (C=O) groups is 1. The maximum atomic E-state index is 12.9. The third kappa shape index (κ3) is 3.42. The van der Waals surface area contributed by atoms with Crippen molar-refractivity contribution in [3.8, 4) is 5.75 Å². The molecule has 6 heteroatoms. The molecule has 1 aliphatic carbocycles. The van der Waals surface area contributed by atoms with Gasteiger partial charge in [0.15, 0.2) is 0 Å². The van der Waals surface area contributed by atoms with Crippen LogP contribution in [0.1, 0.15) is 6.42 Å². The summed E-state index contributed by atoms with van der Waals surface area (Å²) >= 11 is 5.58. The number of carbonyl (C=O) groups excluding carboxylic acids is 1. The summed E-state index contributed by atoms with van der Waals surface area (Å²) < 4.78 is 43.7. The highest BCUT2D eigenvalue weighted by Gasteiger charge is 2.43. The summed E-state index contributed by atoms with van der Waals surface area (Å²) in [5.41, 5.74) is -0.981. The van der Waals surface area contributed by atoms with Crippen LogP contribution in [0.15, 0.2) is 53.1 Å². The Hall–Kier alpha value is -1.75. The van der Waals surface area contributed by atoms with Gasteiger partial charge in [0.1, 0.15) is 5.75 Å². The molecule has 0 radical (unpaired) electrons. The molecule has 0 aromatic heterocycles. The zero-order valence-corrected chi connectivity index (χ0v) is 10.9. The van der Waals surface area contributed by atoms with E-state index in [4.69, 9.17) is 16.3 Å². The molecule has 0 heterocycles. The van der Waals surface area contributed by atoms with E-state index in [2.05, 4.69) is 0 Å². The summed E-state index contributed by atoms with van der Waals surface area (Å²) in [7, 11) is 0. The van der Waals surface area contributed by atoms with Crippen LogP contribution in [-0.4, -0.2) is 12.1 Å². The smallest absolute Gasteiger partial charge is 0.413 e. The minimum atomic E-state index is -4.62. The summed E-state index contributed by atoms with van der Waals surface area (Å²) in [5, 5.41) is -0.0268. The standard InChI is InChI=1S/C14H10ClF3O2/c15-9-6-7-11(12(8-9)14(16,17)18)13(19)20-10-4-2-1-3-5-10/h1-6,8,11H,7H2. The van der Waals surface area contributed by atoms with Crippen LogP contribution in [0.5, 0.6) is 5.75 Å². The molecule has 0 fully saturated rings. The Labute approximate surface area is 118 Å². The number of allylic oxidation sites excluding steroid dienone is 3. The van der Waals surface area contributed by atoms with Gasteiger partial charge in [-0.25, -0.2) is 0 Å².